The molecule has 0 saturated carbocycles. The smallest absolute Gasteiger partial charge is 0.407 e. The minimum Gasteiger partial charge on any atom is -0.445 e. The highest BCUT2D eigenvalue weighted by atomic mass is 16.5. The molecule has 0 radical (unpaired) electrons. The molecule has 0 bridgehead atoms. The van der Waals surface area contributed by atoms with Crippen LogP contribution >= 0.6 is 0 Å². The SMILES string of the molecule is NC(=O)CNC(=O)[C@H](CCCCNC(=O)OCc1ccccc1)NC(=O)[C@@H]1CCCN1. The standard InChI is InChI=1S/C21H31N5O5/c22-18(27)13-25-19(28)17(26-20(29)16-10-6-12-23-16)9-4-5-11-24-21(30)31-14-15-7-2-1-3-8-15/h1-3,7-8,16-17,23H,4-6,9-14H2,(H2,22,27)(H,24,30)(H,25,28)(H,26,29)/t16-,17-/m0/s1. The summed E-state index contributed by atoms with van der Waals surface area (Å²) in [5.41, 5.74) is 5.97. The predicted octanol–water partition coefficient (Wildman–Crippen LogP) is -0.0786. The zero-order chi connectivity index (χ0) is 22.5. The summed E-state index contributed by atoms with van der Waals surface area (Å²) in [6.07, 6.45) is 2.65. The topological polar surface area (TPSA) is 152 Å². The molecule has 6 N–H and O–H groups in total. The average Bonchev–Trinajstić information content (AvgIpc) is 3.30. The van der Waals surface area contributed by atoms with E-state index in [-0.39, 0.29) is 25.1 Å². The van der Waals surface area contributed by atoms with Gasteiger partial charge in [-0.2, -0.15) is 0 Å². The van der Waals surface area contributed by atoms with Gasteiger partial charge in [0.1, 0.15) is 12.6 Å². The molecule has 170 valence electrons. The number of hydrogen-bond acceptors (Lipinski definition) is 6. The maximum atomic E-state index is 12.3. The van der Waals surface area contributed by atoms with E-state index < -0.39 is 23.9 Å². The Bertz CT molecular complexity index is 737. The number of carbonyl (C=O) groups excluding carboxylic acids is 4. The van der Waals surface area contributed by atoms with Gasteiger partial charge >= 0.3 is 6.09 Å². The number of primary amides is 1. The molecule has 2 atom stereocenters. The normalized spacial score (nSPS) is 16.2. The second-order valence-corrected chi connectivity index (χ2v) is 7.38. The molecular weight excluding hydrogens is 402 g/mol. The van der Waals surface area contributed by atoms with Crippen molar-refractivity contribution in [3.05, 3.63) is 35.9 Å². The van der Waals surface area contributed by atoms with E-state index in [1.807, 2.05) is 30.3 Å². The molecular formula is C21H31N5O5. The van der Waals surface area contributed by atoms with Gasteiger partial charge in [-0.05, 0) is 44.2 Å². The Hall–Kier alpha value is -3.14. The van der Waals surface area contributed by atoms with Crippen LogP contribution in [-0.2, 0) is 25.7 Å². The number of unbranched alkanes of at least 4 members (excludes halogenated alkanes) is 1. The first-order chi connectivity index (χ1) is 15.0. The van der Waals surface area contributed by atoms with Crippen molar-refractivity contribution in [3.8, 4) is 0 Å². The van der Waals surface area contributed by atoms with Gasteiger partial charge in [0.15, 0.2) is 0 Å². The molecule has 10 nitrogen and oxygen atoms in total. The van der Waals surface area contributed by atoms with Gasteiger partial charge in [0.05, 0.1) is 12.6 Å². The maximum absolute atomic E-state index is 12.3. The quantitative estimate of drug-likeness (QED) is 0.291. The van der Waals surface area contributed by atoms with Crippen molar-refractivity contribution in [1.29, 1.82) is 0 Å². The summed E-state index contributed by atoms with van der Waals surface area (Å²) in [7, 11) is 0. The third-order valence-electron chi connectivity index (χ3n) is 4.85. The number of hydrogen-bond donors (Lipinski definition) is 5. The average molecular weight is 434 g/mol. The molecule has 4 amide bonds. The second kappa shape index (κ2) is 13.2. The molecule has 1 saturated heterocycles. The van der Waals surface area contributed by atoms with Gasteiger partial charge in [-0.1, -0.05) is 30.3 Å². The molecule has 10 heteroatoms. The third-order valence-corrected chi connectivity index (χ3v) is 4.85. The van der Waals surface area contributed by atoms with E-state index in [1.54, 1.807) is 0 Å². The third kappa shape index (κ3) is 9.47. The van der Waals surface area contributed by atoms with Crippen LogP contribution in [0.1, 0.15) is 37.7 Å². The Morgan fingerprint density at radius 1 is 1.13 bits per heavy atom. The number of carbonyl (C=O) groups is 4. The van der Waals surface area contributed by atoms with Gasteiger partial charge in [-0.3, -0.25) is 14.4 Å². The largest absolute Gasteiger partial charge is 0.445 e. The highest BCUT2D eigenvalue weighted by molar-refractivity contribution is 5.91. The van der Waals surface area contributed by atoms with Crippen molar-refractivity contribution >= 4 is 23.8 Å². The minimum atomic E-state index is -0.778. The van der Waals surface area contributed by atoms with Gasteiger partial charge in [-0.25, -0.2) is 4.79 Å². The monoisotopic (exact) mass is 433 g/mol. The van der Waals surface area contributed by atoms with Crippen LogP contribution in [0.15, 0.2) is 30.3 Å². The molecule has 2 rings (SSSR count). The molecule has 1 aromatic carbocycles. The fourth-order valence-corrected chi connectivity index (χ4v) is 3.18. The van der Waals surface area contributed by atoms with Crippen molar-refractivity contribution in [3.63, 3.8) is 0 Å². The van der Waals surface area contributed by atoms with Crippen LogP contribution in [0.4, 0.5) is 4.79 Å². The number of ether oxygens (including phenoxy) is 1. The van der Waals surface area contributed by atoms with E-state index in [1.165, 1.54) is 0 Å². The molecule has 1 heterocycles. The fraction of sp³-hybridized carbons (Fsp3) is 0.524. The number of rotatable bonds is 12. The lowest BCUT2D eigenvalue weighted by Crippen LogP contribution is -2.52. The molecule has 1 aromatic rings. The summed E-state index contributed by atoms with van der Waals surface area (Å²) in [6.45, 7) is 1.04. The molecule has 0 unspecified atom stereocenters. The van der Waals surface area contributed by atoms with Crippen LogP contribution < -0.4 is 27.0 Å². The van der Waals surface area contributed by atoms with Crippen molar-refractivity contribution in [2.24, 2.45) is 5.73 Å². The number of amides is 4. The summed E-state index contributed by atoms with van der Waals surface area (Å²) in [4.78, 5) is 47.4. The molecule has 1 aliphatic rings. The first kappa shape index (κ1) is 24.1. The zero-order valence-corrected chi connectivity index (χ0v) is 17.5. The van der Waals surface area contributed by atoms with Crippen molar-refractivity contribution in [2.75, 3.05) is 19.6 Å². The van der Waals surface area contributed by atoms with Crippen molar-refractivity contribution in [1.82, 2.24) is 21.3 Å². The van der Waals surface area contributed by atoms with Crippen LogP contribution in [0.25, 0.3) is 0 Å². The highest BCUT2D eigenvalue weighted by Crippen LogP contribution is 2.07. The van der Waals surface area contributed by atoms with E-state index in [9.17, 15) is 19.2 Å². The van der Waals surface area contributed by atoms with Crippen LogP contribution in [0.5, 0.6) is 0 Å². The maximum Gasteiger partial charge on any atom is 0.407 e. The molecule has 0 aliphatic carbocycles. The molecule has 0 spiro atoms. The van der Waals surface area contributed by atoms with Gasteiger partial charge in [0.2, 0.25) is 17.7 Å². The Morgan fingerprint density at radius 2 is 1.90 bits per heavy atom. The Kier molecular flexibility index (Phi) is 10.3. The number of nitrogens with one attached hydrogen (secondary N) is 4. The van der Waals surface area contributed by atoms with Crippen molar-refractivity contribution in [2.45, 2.75) is 50.8 Å². The summed E-state index contributed by atoms with van der Waals surface area (Å²) in [6, 6.07) is 8.27. The second-order valence-electron chi connectivity index (χ2n) is 7.38. The van der Waals surface area contributed by atoms with Gasteiger partial charge in [0, 0.05) is 6.54 Å². The number of nitrogens with two attached hydrogens (primary N) is 1. The Balaban J connectivity index is 1.70. The highest BCUT2D eigenvalue weighted by Gasteiger charge is 2.27. The summed E-state index contributed by atoms with van der Waals surface area (Å²) in [5, 5.41) is 10.9. The number of alkyl carbamates (subject to hydrolysis) is 1. The molecule has 1 fully saturated rings. The Morgan fingerprint density at radius 3 is 2.58 bits per heavy atom. The van der Waals surface area contributed by atoms with Gasteiger partial charge in [-0.15, -0.1) is 0 Å². The van der Waals surface area contributed by atoms with Gasteiger partial charge in [0.25, 0.3) is 0 Å². The first-order valence-corrected chi connectivity index (χ1v) is 10.5. The first-order valence-electron chi connectivity index (χ1n) is 10.5. The fourth-order valence-electron chi connectivity index (χ4n) is 3.18. The van der Waals surface area contributed by atoms with Crippen molar-refractivity contribution < 1.29 is 23.9 Å². The zero-order valence-electron chi connectivity index (χ0n) is 17.5. The van der Waals surface area contributed by atoms with Gasteiger partial charge < -0.3 is 31.7 Å². The van der Waals surface area contributed by atoms with E-state index >= 15 is 0 Å². The van der Waals surface area contributed by atoms with Crippen LogP contribution in [0, 0.1) is 0 Å². The molecule has 1 aliphatic heterocycles. The summed E-state index contributed by atoms with van der Waals surface area (Å²) < 4.78 is 5.14. The lowest BCUT2D eigenvalue weighted by atomic mass is 10.1. The summed E-state index contributed by atoms with van der Waals surface area (Å²) in [5.74, 6) is -1.35. The van der Waals surface area contributed by atoms with E-state index in [0.29, 0.717) is 25.8 Å². The molecule has 31 heavy (non-hydrogen) atoms. The lowest BCUT2D eigenvalue weighted by Gasteiger charge is -2.20. The molecule has 0 aromatic heterocycles. The predicted molar refractivity (Wildman–Crippen MR) is 114 cm³/mol. The number of benzene rings is 1. The lowest BCUT2D eigenvalue weighted by molar-refractivity contribution is -0.130. The van der Waals surface area contributed by atoms with E-state index in [0.717, 1.165) is 24.9 Å². The van der Waals surface area contributed by atoms with Crippen LogP contribution in [0.2, 0.25) is 0 Å². The van der Waals surface area contributed by atoms with E-state index in [2.05, 4.69) is 21.3 Å². The van der Waals surface area contributed by atoms with Crippen LogP contribution in [0.3, 0.4) is 0 Å². The minimum absolute atomic E-state index is 0.190. The summed E-state index contributed by atoms with van der Waals surface area (Å²) >= 11 is 0. The Labute approximate surface area is 181 Å². The van der Waals surface area contributed by atoms with E-state index in [4.69, 9.17) is 10.5 Å². The van der Waals surface area contributed by atoms with Crippen LogP contribution in [-0.4, -0.2) is 55.5 Å².